The topological polar surface area (TPSA) is 46.3 Å². The van der Waals surface area contributed by atoms with Crippen LogP contribution in [-0.2, 0) is 4.79 Å². The fourth-order valence-electron chi connectivity index (χ4n) is 1.70. The van der Waals surface area contributed by atoms with Crippen LogP contribution >= 0.6 is 0 Å². The van der Waals surface area contributed by atoms with E-state index in [1.807, 2.05) is 20.8 Å². The Labute approximate surface area is 108 Å². The molecule has 0 bridgehead atoms. The van der Waals surface area contributed by atoms with Gasteiger partial charge in [0.05, 0.1) is 6.04 Å². The summed E-state index contributed by atoms with van der Waals surface area (Å²) in [6.45, 7) is 5.55. The van der Waals surface area contributed by atoms with Crippen molar-refractivity contribution >= 4 is 5.91 Å². The van der Waals surface area contributed by atoms with Crippen molar-refractivity contribution in [2.75, 3.05) is 7.05 Å². The predicted octanol–water partition coefficient (Wildman–Crippen LogP) is 2.47. The lowest BCUT2D eigenvalue weighted by Gasteiger charge is -2.28. The Morgan fingerprint density at radius 2 is 1.89 bits per heavy atom. The third-order valence-corrected chi connectivity index (χ3v) is 2.93. The molecule has 4 heteroatoms. The molecule has 0 saturated heterocycles. The Balaban J connectivity index is 2.74. The van der Waals surface area contributed by atoms with Crippen LogP contribution in [0.15, 0.2) is 24.3 Å². The molecule has 0 spiro atoms. The van der Waals surface area contributed by atoms with E-state index >= 15 is 0 Å². The number of carbonyl (C=O) groups excluding carboxylic acids is 1. The number of rotatable bonds is 4. The van der Waals surface area contributed by atoms with Gasteiger partial charge in [0.15, 0.2) is 0 Å². The summed E-state index contributed by atoms with van der Waals surface area (Å²) in [6, 6.07) is 6.09. The van der Waals surface area contributed by atoms with Crippen LogP contribution in [0.3, 0.4) is 0 Å². The number of carbonyl (C=O) groups is 1. The minimum atomic E-state index is -0.520. The van der Waals surface area contributed by atoms with Gasteiger partial charge < -0.3 is 10.6 Å². The fourth-order valence-corrected chi connectivity index (χ4v) is 1.70. The molecule has 0 saturated carbocycles. The quantitative estimate of drug-likeness (QED) is 0.894. The highest BCUT2D eigenvalue weighted by molar-refractivity contribution is 5.77. The van der Waals surface area contributed by atoms with E-state index in [-0.39, 0.29) is 24.2 Å². The summed E-state index contributed by atoms with van der Waals surface area (Å²) in [4.78, 5) is 13.7. The molecule has 1 rings (SSSR count). The van der Waals surface area contributed by atoms with Gasteiger partial charge in [0.2, 0.25) is 5.91 Å². The van der Waals surface area contributed by atoms with E-state index in [2.05, 4.69) is 0 Å². The van der Waals surface area contributed by atoms with E-state index in [1.165, 1.54) is 12.1 Å². The summed E-state index contributed by atoms with van der Waals surface area (Å²) >= 11 is 0. The zero-order valence-electron chi connectivity index (χ0n) is 11.4. The molecule has 1 atom stereocenters. The average molecular weight is 252 g/mol. The van der Waals surface area contributed by atoms with Gasteiger partial charge in [-0.3, -0.25) is 4.79 Å². The van der Waals surface area contributed by atoms with Crippen molar-refractivity contribution in [3.63, 3.8) is 0 Å². The molecule has 1 amide bonds. The smallest absolute Gasteiger partial charge is 0.224 e. The van der Waals surface area contributed by atoms with Crippen molar-refractivity contribution in [1.82, 2.24) is 4.90 Å². The van der Waals surface area contributed by atoms with Gasteiger partial charge >= 0.3 is 0 Å². The molecule has 1 aromatic carbocycles. The highest BCUT2D eigenvalue weighted by Gasteiger charge is 2.22. The lowest BCUT2D eigenvalue weighted by atomic mass is 10.0. The van der Waals surface area contributed by atoms with E-state index in [9.17, 15) is 9.18 Å². The average Bonchev–Trinajstić information content (AvgIpc) is 2.26. The van der Waals surface area contributed by atoms with Crippen molar-refractivity contribution in [3.8, 4) is 0 Å². The highest BCUT2D eigenvalue weighted by Crippen LogP contribution is 2.20. The summed E-state index contributed by atoms with van der Waals surface area (Å²) in [5.74, 6) is -0.289. The molecule has 3 nitrogen and oxygen atoms in total. The van der Waals surface area contributed by atoms with Crippen LogP contribution in [0.5, 0.6) is 0 Å². The molecule has 0 heterocycles. The Morgan fingerprint density at radius 3 is 2.33 bits per heavy atom. The monoisotopic (exact) mass is 252 g/mol. The minimum absolute atomic E-state index is 0.0145. The second kappa shape index (κ2) is 5.48. The van der Waals surface area contributed by atoms with E-state index < -0.39 is 5.54 Å². The number of hydrogen-bond donors (Lipinski definition) is 1. The normalized spacial score (nSPS) is 13.2. The van der Waals surface area contributed by atoms with Crippen LogP contribution in [0.2, 0.25) is 0 Å². The summed E-state index contributed by atoms with van der Waals surface area (Å²) in [5, 5.41) is 0. The summed E-state index contributed by atoms with van der Waals surface area (Å²) < 4.78 is 12.8. The van der Waals surface area contributed by atoms with Gasteiger partial charge in [0, 0.05) is 19.0 Å². The Bertz CT molecular complexity index is 409. The third kappa shape index (κ3) is 4.11. The zero-order chi connectivity index (χ0) is 13.9. The first-order valence-electron chi connectivity index (χ1n) is 6.01. The molecular formula is C14H21FN2O. The van der Waals surface area contributed by atoms with E-state index in [0.29, 0.717) is 0 Å². The fraction of sp³-hybridized carbons (Fsp3) is 0.500. The first-order valence-corrected chi connectivity index (χ1v) is 6.01. The van der Waals surface area contributed by atoms with Gasteiger partial charge in [-0.25, -0.2) is 4.39 Å². The molecule has 1 aromatic rings. The van der Waals surface area contributed by atoms with Crippen molar-refractivity contribution in [1.29, 1.82) is 0 Å². The third-order valence-electron chi connectivity index (χ3n) is 2.93. The highest BCUT2D eigenvalue weighted by atomic mass is 19.1. The lowest BCUT2D eigenvalue weighted by Crippen LogP contribution is -2.40. The zero-order valence-corrected chi connectivity index (χ0v) is 11.4. The number of hydrogen-bond acceptors (Lipinski definition) is 2. The van der Waals surface area contributed by atoms with Gasteiger partial charge in [-0.2, -0.15) is 0 Å². The number of halogens is 1. The van der Waals surface area contributed by atoms with Crippen molar-refractivity contribution in [2.24, 2.45) is 5.73 Å². The van der Waals surface area contributed by atoms with Gasteiger partial charge in [0.25, 0.3) is 0 Å². The first-order chi connectivity index (χ1) is 8.20. The molecule has 18 heavy (non-hydrogen) atoms. The van der Waals surface area contributed by atoms with E-state index in [0.717, 1.165) is 5.56 Å². The maximum atomic E-state index is 12.8. The molecule has 0 aliphatic rings. The second-order valence-corrected chi connectivity index (χ2v) is 5.40. The molecule has 1 unspecified atom stereocenters. The number of nitrogens with two attached hydrogens (primary N) is 1. The van der Waals surface area contributed by atoms with Crippen LogP contribution < -0.4 is 5.73 Å². The van der Waals surface area contributed by atoms with Crippen LogP contribution in [0.25, 0.3) is 0 Å². The summed E-state index contributed by atoms with van der Waals surface area (Å²) in [5.41, 5.74) is 6.22. The molecule has 0 aliphatic heterocycles. The Morgan fingerprint density at radius 1 is 1.39 bits per heavy atom. The van der Waals surface area contributed by atoms with Crippen LogP contribution in [-0.4, -0.2) is 23.4 Å². The first kappa shape index (κ1) is 14.6. The van der Waals surface area contributed by atoms with Gasteiger partial charge in [-0.1, -0.05) is 12.1 Å². The van der Waals surface area contributed by atoms with E-state index in [4.69, 9.17) is 5.73 Å². The van der Waals surface area contributed by atoms with Crippen molar-refractivity contribution in [2.45, 2.75) is 38.8 Å². The molecular weight excluding hydrogens is 231 g/mol. The Kier molecular flexibility index (Phi) is 4.46. The molecule has 2 N–H and O–H groups in total. The second-order valence-electron chi connectivity index (χ2n) is 5.40. The molecule has 0 radical (unpaired) electrons. The largest absolute Gasteiger partial charge is 0.339 e. The number of amides is 1. The maximum absolute atomic E-state index is 12.8. The number of nitrogens with zero attached hydrogens (tertiary/aromatic N) is 1. The maximum Gasteiger partial charge on any atom is 0.224 e. The van der Waals surface area contributed by atoms with Crippen molar-refractivity contribution < 1.29 is 9.18 Å². The predicted molar refractivity (Wildman–Crippen MR) is 70.5 cm³/mol. The molecule has 0 aromatic heterocycles. The SMILES string of the molecule is CC(c1ccc(F)cc1)N(C)C(=O)CC(C)(C)N. The Hall–Kier alpha value is -1.42. The standard InChI is InChI=1S/C14H21FN2O/c1-10(11-5-7-12(15)8-6-11)17(4)13(18)9-14(2,3)16/h5-8,10H,9,16H2,1-4H3. The van der Waals surface area contributed by atoms with Gasteiger partial charge in [-0.15, -0.1) is 0 Å². The van der Waals surface area contributed by atoms with Gasteiger partial charge in [-0.05, 0) is 38.5 Å². The molecule has 0 aliphatic carbocycles. The van der Waals surface area contributed by atoms with Crippen LogP contribution in [0.1, 0.15) is 38.8 Å². The van der Waals surface area contributed by atoms with E-state index in [1.54, 1.807) is 24.1 Å². The summed E-state index contributed by atoms with van der Waals surface area (Å²) in [6.07, 6.45) is 0.287. The van der Waals surface area contributed by atoms with Crippen LogP contribution in [0, 0.1) is 5.82 Å². The molecule has 0 fully saturated rings. The molecule has 100 valence electrons. The van der Waals surface area contributed by atoms with Gasteiger partial charge in [0.1, 0.15) is 5.82 Å². The summed E-state index contributed by atoms with van der Waals surface area (Å²) in [7, 11) is 1.74. The lowest BCUT2D eigenvalue weighted by molar-refractivity contribution is -0.132. The van der Waals surface area contributed by atoms with Crippen LogP contribution in [0.4, 0.5) is 4.39 Å². The minimum Gasteiger partial charge on any atom is -0.339 e. The number of benzene rings is 1. The van der Waals surface area contributed by atoms with Crippen molar-refractivity contribution in [3.05, 3.63) is 35.6 Å².